The summed E-state index contributed by atoms with van der Waals surface area (Å²) in [7, 11) is 0. The van der Waals surface area contributed by atoms with Gasteiger partial charge in [0.15, 0.2) is 0 Å². The molecule has 0 aliphatic rings. The van der Waals surface area contributed by atoms with Crippen molar-refractivity contribution >= 4 is 22.9 Å². The predicted octanol–water partition coefficient (Wildman–Crippen LogP) is 4.10. The first-order valence-corrected chi connectivity index (χ1v) is 7.27. The fourth-order valence-electron chi connectivity index (χ4n) is 2.27. The highest BCUT2D eigenvalue weighted by molar-refractivity contribution is 7.10. The number of halogens is 1. The Morgan fingerprint density at radius 1 is 1.28 bits per heavy atom. The number of nitrogens with two attached hydrogens (primary N) is 1. The van der Waals surface area contributed by atoms with Gasteiger partial charge in [0.2, 0.25) is 0 Å². The number of hydrogen-bond donors (Lipinski definition) is 2. The van der Waals surface area contributed by atoms with Crippen LogP contribution in [0.3, 0.4) is 0 Å². The third kappa shape index (κ3) is 2.75. The number of hydrogen-bond acceptors (Lipinski definition) is 3. The lowest BCUT2D eigenvalue weighted by molar-refractivity contribution is 0.451. The Labute approximate surface area is 117 Å². The summed E-state index contributed by atoms with van der Waals surface area (Å²) in [6.07, 6.45) is 1.01. The highest BCUT2D eigenvalue weighted by Gasteiger charge is 2.25. The average Bonchev–Trinajstić information content (AvgIpc) is 2.83. The highest BCUT2D eigenvalue weighted by Crippen LogP contribution is 2.38. The molecule has 2 rings (SSSR count). The van der Waals surface area contributed by atoms with E-state index >= 15 is 0 Å². The molecule has 0 bridgehead atoms. The molecule has 0 saturated carbocycles. The molecule has 0 saturated heterocycles. The van der Waals surface area contributed by atoms with Crippen LogP contribution < -0.4 is 11.3 Å². The first kappa shape index (κ1) is 13.6. The zero-order valence-electron chi connectivity index (χ0n) is 10.3. The summed E-state index contributed by atoms with van der Waals surface area (Å²) < 4.78 is 0. The van der Waals surface area contributed by atoms with Crippen LogP contribution in [0.2, 0.25) is 5.02 Å². The van der Waals surface area contributed by atoms with Gasteiger partial charge in [-0.05, 0) is 23.4 Å². The van der Waals surface area contributed by atoms with E-state index in [1.54, 1.807) is 11.3 Å². The first-order valence-electron chi connectivity index (χ1n) is 6.01. The third-order valence-electron chi connectivity index (χ3n) is 3.18. The van der Waals surface area contributed by atoms with Crippen molar-refractivity contribution in [2.24, 2.45) is 5.84 Å². The van der Waals surface area contributed by atoms with Gasteiger partial charge in [-0.25, -0.2) is 0 Å². The van der Waals surface area contributed by atoms with E-state index in [9.17, 15) is 0 Å². The van der Waals surface area contributed by atoms with E-state index in [4.69, 9.17) is 17.4 Å². The predicted molar refractivity (Wildman–Crippen MR) is 78.9 cm³/mol. The summed E-state index contributed by atoms with van der Waals surface area (Å²) in [5.74, 6) is 6.07. The Bertz CT molecular complexity index is 484. The molecule has 18 heavy (non-hydrogen) atoms. The van der Waals surface area contributed by atoms with Crippen LogP contribution in [-0.2, 0) is 0 Å². The summed E-state index contributed by atoms with van der Waals surface area (Å²) >= 11 is 7.86. The molecule has 2 aromatic rings. The Balaban J connectivity index is 2.34. The minimum Gasteiger partial charge on any atom is -0.271 e. The lowest BCUT2D eigenvalue weighted by Gasteiger charge is -2.25. The van der Waals surface area contributed by atoms with Gasteiger partial charge in [0.05, 0.1) is 11.1 Å². The molecule has 0 spiro atoms. The van der Waals surface area contributed by atoms with Gasteiger partial charge in [0.1, 0.15) is 0 Å². The summed E-state index contributed by atoms with van der Waals surface area (Å²) in [6.45, 7) is 2.17. The number of benzene rings is 1. The fourth-order valence-corrected chi connectivity index (χ4v) is 3.57. The van der Waals surface area contributed by atoms with Crippen molar-refractivity contribution in [1.82, 2.24) is 5.43 Å². The van der Waals surface area contributed by atoms with Crippen LogP contribution in [0.25, 0.3) is 0 Å². The van der Waals surface area contributed by atoms with Gasteiger partial charge in [-0.3, -0.25) is 11.3 Å². The molecule has 2 nitrogen and oxygen atoms in total. The van der Waals surface area contributed by atoms with Gasteiger partial charge in [0, 0.05) is 10.8 Å². The number of thiophene rings is 1. The highest BCUT2D eigenvalue weighted by atomic mass is 35.5. The summed E-state index contributed by atoms with van der Waals surface area (Å²) in [4.78, 5) is 1.11. The molecule has 3 N–H and O–H groups in total. The molecule has 2 atom stereocenters. The van der Waals surface area contributed by atoms with Gasteiger partial charge < -0.3 is 0 Å². The van der Waals surface area contributed by atoms with Gasteiger partial charge in [-0.15, -0.1) is 11.3 Å². The van der Waals surface area contributed by atoms with E-state index in [1.807, 2.05) is 17.5 Å². The molecule has 1 aromatic heterocycles. The maximum absolute atomic E-state index is 6.22. The quantitative estimate of drug-likeness (QED) is 0.639. The molecule has 1 aromatic carbocycles. The SMILES string of the molecule is CCC(c1ccccc1)C(NN)c1sccc1Cl. The van der Waals surface area contributed by atoms with Crippen molar-refractivity contribution in [2.45, 2.75) is 25.3 Å². The van der Waals surface area contributed by atoms with Crippen LogP contribution in [0.15, 0.2) is 41.8 Å². The third-order valence-corrected chi connectivity index (χ3v) is 4.62. The van der Waals surface area contributed by atoms with Crippen LogP contribution in [0, 0.1) is 0 Å². The second-order valence-corrected chi connectivity index (χ2v) is 5.56. The van der Waals surface area contributed by atoms with E-state index in [0.717, 1.165) is 16.3 Å². The summed E-state index contributed by atoms with van der Waals surface area (Å²) in [5, 5.41) is 2.79. The Kier molecular flexibility index (Phi) is 4.78. The molecule has 0 aliphatic heterocycles. The first-order chi connectivity index (χ1) is 8.77. The second-order valence-electron chi connectivity index (χ2n) is 4.20. The van der Waals surface area contributed by atoms with Crippen molar-refractivity contribution in [2.75, 3.05) is 0 Å². The maximum Gasteiger partial charge on any atom is 0.0636 e. The molecule has 0 aliphatic carbocycles. The van der Waals surface area contributed by atoms with Crippen LogP contribution in [0.5, 0.6) is 0 Å². The molecule has 0 fully saturated rings. The monoisotopic (exact) mass is 280 g/mol. The van der Waals surface area contributed by atoms with Crippen molar-refractivity contribution < 1.29 is 0 Å². The standard InChI is InChI=1S/C14H17ClN2S/c1-2-11(10-6-4-3-5-7-10)13(17-16)14-12(15)8-9-18-14/h3-9,11,13,17H,2,16H2,1H3. The van der Waals surface area contributed by atoms with E-state index in [1.165, 1.54) is 5.56 Å². The molecular formula is C14H17ClN2S. The van der Waals surface area contributed by atoms with Crippen molar-refractivity contribution in [3.05, 3.63) is 57.2 Å². The lowest BCUT2D eigenvalue weighted by Crippen LogP contribution is -2.32. The topological polar surface area (TPSA) is 38.0 Å². The Morgan fingerprint density at radius 3 is 2.50 bits per heavy atom. The van der Waals surface area contributed by atoms with Crippen molar-refractivity contribution in [3.63, 3.8) is 0 Å². The van der Waals surface area contributed by atoms with E-state index in [2.05, 4.69) is 36.6 Å². The van der Waals surface area contributed by atoms with Crippen molar-refractivity contribution in [1.29, 1.82) is 0 Å². The van der Waals surface area contributed by atoms with E-state index < -0.39 is 0 Å². The molecular weight excluding hydrogens is 264 g/mol. The zero-order valence-corrected chi connectivity index (χ0v) is 11.8. The number of rotatable bonds is 5. The molecule has 0 amide bonds. The zero-order chi connectivity index (χ0) is 13.0. The second kappa shape index (κ2) is 6.34. The normalized spacial score (nSPS) is 14.4. The van der Waals surface area contributed by atoms with Crippen LogP contribution in [-0.4, -0.2) is 0 Å². The molecule has 0 radical (unpaired) electrons. The van der Waals surface area contributed by atoms with Crippen LogP contribution in [0.1, 0.15) is 35.7 Å². The Hall–Kier alpha value is -0.870. The van der Waals surface area contributed by atoms with Gasteiger partial charge in [-0.1, -0.05) is 48.9 Å². The van der Waals surface area contributed by atoms with E-state index in [-0.39, 0.29) is 6.04 Å². The van der Waals surface area contributed by atoms with E-state index in [0.29, 0.717) is 5.92 Å². The lowest BCUT2D eigenvalue weighted by atomic mass is 9.88. The molecule has 4 heteroatoms. The minimum absolute atomic E-state index is 0.0601. The van der Waals surface area contributed by atoms with Crippen LogP contribution >= 0.6 is 22.9 Å². The summed E-state index contributed by atoms with van der Waals surface area (Å²) in [6, 6.07) is 12.4. The molecule has 96 valence electrons. The molecule has 2 unspecified atom stereocenters. The smallest absolute Gasteiger partial charge is 0.0636 e. The van der Waals surface area contributed by atoms with Gasteiger partial charge >= 0.3 is 0 Å². The van der Waals surface area contributed by atoms with Gasteiger partial charge in [0.25, 0.3) is 0 Å². The van der Waals surface area contributed by atoms with Crippen molar-refractivity contribution in [3.8, 4) is 0 Å². The van der Waals surface area contributed by atoms with Crippen LogP contribution in [0.4, 0.5) is 0 Å². The average molecular weight is 281 g/mol. The number of nitrogens with one attached hydrogen (secondary N) is 1. The largest absolute Gasteiger partial charge is 0.271 e. The van der Waals surface area contributed by atoms with Gasteiger partial charge in [-0.2, -0.15) is 0 Å². The summed E-state index contributed by atoms with van der Waals surface area (Å²) in [5.41, 5.74) is 4.21. The number of hydrazine groups is 1. The maximum atomic E-state index is 6.22. The Morgan fingerprint density at radius 2 is 2.00 bits per heavy atom. The minimum atomic E-state index is 0.0601. The fraction of sp³-hybridized carbons (Fsp3) is 0.286. The molecule has 1 heterocycles.